The van der Waals surface area contributed by atoms with Gasteiger partial charge < -0.3 is 9.88 Å². The third-order valence-electron chi connectivity index (χ3n) is 4.44. The van der Waals surface area contributed by atoms with Crippen LogP contribution in [0.3, 0.4) is 0 Å². The van der Waals surface area contributed by atoms with Gasteiger partial charge in [0.1, 0.15) is 5.82 Å². The molecule has 1 aliphatic rings. The van der Waals surface area contributed by atoms with Gasteiger partial charge in [-0.15, -0.1) is 0 Å². The Labute approximate surface area is 128 Å². The summed E-state index contributed by atoms with van der Waals surface area (Å²) in [7, 11) is 1.54. The van der Waals surface area contributed by atoms with Crippen molar-refractivity contribution in [2.45, 2.75) is 45.7 Å². The maximum atomic E-state index is 12.7. The Hall–Kier alpha value is -1.89. The fourth-order valence-corrected chi connectivity index (χ4v) is 3.31. The van der Waals surface area contributed by atoms with E-state index in [2.05, 4.69) is 21.8 Å². The average molecular weight is 305 g/mol. The number of imidazole rings is 1. The van der Waals surface area contributed by atoms with Crippen LogP contribution in [0.1, 0.15) is 38.6 Å². The van der Waals surface area contributed by atoms with Gasteiger partial charge >= 0.3 is 5.69 Å². The molecule has 22 heavy (non-hydrogen) atoms. The van der Waals surface area contributed by atoms with E-state index in [0.29, 0.717) is 17.7 Å². The topological polar surface area (TPSA) is 73.8 Å². The zero-order chi connectivity index (χ0) is 15.9. The Kier molecular flexibility index (Phi) is 3.90. The molecule has 2 aromatic rings. The minimum Gasteiger partial charge on any atom is -0.318 e. The predicted octanol–water partition coefficient (Wildman–Crippen LogP) is 0.404. The third-order valence-corrected chi connectivity index (χ3v) is 4.44. The second-order valence-corrected chi connectivity index (χ2v) is 5.86. The zero-order valence-electron chi connectivity index (χ0n) is 13.4. The van der Waals surface area contributed by atoms with Crippen LogP contribution >= 0.6 is 0 Å². The molecule has 1 N–H and O–H groups in total. The lowest BCUT2D eigenvalue weighted by atomic mass is 10.2. The van der Waals surface area contributed by atoms with E-state index in [4.69, 9.17) is 0 Å². The van der Waals surface area contributed by atoms with Crippen LogP contribution in [0.2, 0.25) is 0 Å². The third kappa shape index (κ3) is 2.11. The molecule has 120 valence electrons. The molecule has 0 aliphatic carbocycles. The number of hydrogen-bond acceptors (Lipinski definition) is 4. The molecule has 1 unspecified atom stereocenters. The summed E-state index contributed by atoms with van der Waals surface area (Å²) in [6, 6.07) is 0.238. The summed E-state index contributed by atoms with van der Waals surface area (Å²) in [6.45, 7) is 6.30. The molecular weight excluding hydrogens is 282 g/mol. The van der Waals surface area contributed by atoms with Gasteiger partial charge in [0.2, 0.25) is 0 Å². The lowest BCUT2D eigenvalue weighted by Crippen LogP contribution is -2.38. The highest BCUT2D eigenvalue weighted by Gasteiger charge is 2.26. The lowest BCUT2D eigenvalue weighted by molar-refractivity contribution is 0.531. The number of aromatic nitrogens is 4. The molecule has 7 heteroatoms. The van der Waals surface area contributed by atoms with E-state index in [9.17, 15) is 9.59 Å². The number of hydrogen-bond donors (Lipinski definition) is 1. The summed E-state index contributed by atoms with van der Waals surface area (Å²) in [5, 5.41) is 3.34. The van der Waals surface area contributed by atoms with Gasteiger partial charge in [0, 0.05) is 32.6 Å². The SMILES string of the molecule is CCCc1nc2c(c(=O)n(C)c(=O)n2CC)n1C1CCNC1. The smallest absolute Gasteiger partial charge is 0.318 e. The molecule has 1 aliphatic heterocycles. The van der Waals surface area contributed by atoms with Gasteiger partial charge in [0.25, 0.3) is 5.56 Å². The summed E-state index contributed by atoms with van der Waals surface area (Å²) in [5.74, 6) is 0.913. The first-order valence-corrected chi connectivity index (χ1v) is 8.01. The van der Waals surface area contributed by atoms with E-state index in [1.165, 1.54) is 4.57 Å². The number of aryl methyl sites for hydroxylation is 2. The standard InChI is InChI=1S/C15H23N5O2/c1-4-6-11-17-13-12(20(11)10-7-8-16-9-10)14(21)18(3)15(22)19(13)5-2/h10,16H,4-9H2,1-3H3. The highest BCUT2D eigenvalue weighted by Crippen LogP contribution is 2.23. The number of nitrogens with one attached hydrogen (secondary N) is 1. The first-order chi connectivity index (χ1) is 10.6. The molecule has 3 heterocycles. The normalized spacial score (nSPS) is 18.4. The molecule has 7 nitrogen and oxygen atoms in total. The van der Waals surface area contributed by atoms with Crippen LogP contribution in [-0.2, 0) is 20.0 Å². The molecule has 1 fully saturated rings. The molecule has 1 saturated heterocycles. The lowest BCUT2D eigenvalue weighted by Gasteiger charge is -2.15. The highest BCUT2D eigenvalue weighted by atomic mass is 16.2. The molecule has 0 aromatic carbocycles. The molecule has 0 spiro atoms. The molecule has 0 radical (unpaired) electrons. The van der Waals surface area contributed by atoms with Crippen molar-refractivity contribution < 1.29 is 0 Å². The van der Waals surface area contributed by atoms with Crippen molar-refractivity contribution in [1.29, 1.82) is 0 Å². The summed E-state index contributed by atoms with van der Waals surface area (Å²) in [6.07, 6.45) is 2.75. The largest absolute Gasteiger partial charge is 0.332 e. The molecule has 2 aromatic heterocycles. The van der Waals surface area contributed by atoms with Crippen LogP contribution in [0.5, 0.6) is 0 Å². The Morgan fingerprint density at radius 3 is 2.68 bits per heavy atom. The van der Waals surface area contributed by atoms with Crippen molar-refractivity contribution in [1.82, 2.24) is 24.0 Å². The van der Waals surface area contributed by atoms with Gasteiger partial charge in [-0.05, 0) is 26.3 Å². The van der Waals surface area contributed by atoms with Crippen LogP contribution in [0.4, 0.5) is 0 Å². The van der Waals surface area contributed by atoms with Crippen molar-refractivity contribution in [3.63, 3.8) is 0 Å². The number of rotatable bonds is 4. The van der Waals surface area contributed by atoms with Crippen molar-refractivity contribution >= 4 is 11.2 Å². The molecule has 1 atom stereocenters. The van der Waals surface area contributed by atoms with Crippen LogP contribution in [-0.4, -0.2) is 31.8 Å². The van der Waals surface area contributed by atoms with E-state index < -0.39 is 0 Å². The van der Waals surface area contributed by atoms with Crippen molar-refractivity contribution in [3.05, 3.63) is 26.7 Å². The average Bonchev–Trinajstić information content (AvgIpc) is 3.13. The van der Waals surface area contributed by atoms with Gasteiger partial charge in [-0.2, -0.15) is 0 Å². The summed E-state index contributed by atoms with van der Waals surface area (Å²) >= 11 is 0. The van der Waals surface area contributed by atoms with Gasteiger partial charge in [0.05, 0.1) is 0 Å². The monoisotopic (exact) mass is 305 g/mol. The van der Waals surface area contributed by atoms with Crippen molar-refractivity contribution in [2.24, 2.45) is 7.05 Å². The van der Waals surface area contributed by atoms with Gasteiger partial charge in [-0.25, -0.2) is 9.78 Å². The number of nitrogens with zero attached hydrogens (tertiary/aromatic N) is 4. The van der Waals surface area contributed by atoms with E-state index in [0.717, 1.165) is 38.2 Å². The zero-order valence-corrected chi connectivity index (χ0v) is 13.4. The van der Waals surface area contributed by atoms with Crippen LogP contribution in [0, 0.1) is 0 Å². The summed E-state index contributed by atoms with van der Waals surface area (Å²) < 4.78 is 4.86. The Bertz CT molecular complexity index is 808. The van der Waals surface area contributed by atoms with Gasteiger partial charge in [-0.3, -0.25) is 13.9 Å². The fourth-order valence-electron chi connectivity index (χ4n) is 3.31. The minimum absolute atomic E-state index is 0.238. The van der Waals surface area contributed by atoms with Gasteiger partial charge in [-0.1, -0.05) is 6.92 Å². The molecule has 0 saturated carbocycles. The highest BCUT2D eigenvalue weighted by molar-refractivity contribution is 5.71. The minimum atomic E-state index is -0.294. The van der Waals surface area contributed by atoms with E-state index in [-0.39, 0.29) is 17.3 Å². The molecule has 0 bridgehead atoms. The predicted molar refractivity (Wildman–Crippen MR) is 85.4 cm³/mol. The Morgan fingerprint density at radius 2 is 2.09 bits per heavy atom. The van der Waals surface area contributed by atoms with Crippen molar-refractivity contribution in [2.75, 3.05) is 13.1 Å². The summed E-state index contributed by atoms with van der Waals surface area (Å²) in [5.41, 5.74) is 0.566. The molecular formula is C15H23N5O2. The van der Waals surface area contributed by atoms with E-state index in [1.54, 1.807) is 11.6 Å². The van der Waals surface area contributed by atoms with E-state index in [1.807, 2.05) is 6.92 Å². The molecule has 0 amide bonds. The fraction of sp³-hybridized carbons (Fsp3) is 0.667. The summed E-state index contributed by atoms with van der Waals surface area (Å²) in [4.78, 5) is 29.6. The number of fused-ring (bicyclic) bond motifs is 1. The second-order valence-electron chi connectivity index (χ2n) is 5.86. The van der Waals surface area contributed by atoms with Crippen LogP contribution in [0.15, 0.2) is 9.59 Å². The maximum Gasteiger partial charge on any atom is 0.332 e. The van der Waals surface area contributed by atoms with Gasteiger partial charge in [0.15, 0.2) is 11.2 Å². The Balaban J connectivity index is 2.40. The Morgan fingerprint density at radius 1 is 1.32 bits per heavy atom. The first-order valence-electron chi connectivity index (χ1n) is 8.01. The van der Waals surface area contributed by atoms with Crippen LogP contribution in [0.25, 0.3) is 11.2 Å². The molecule has 3 rings (SSSR count). The second kappa shape index (κ2) is 5.72. The van der Waals surface area contributed by atoms with Crippen LogP contribution < -0.4 is 16.6 Å². The maximum absolute atomic E-state index is 12.7. The van der Waals surface area contributed by atoms with E-state index >= 15 is 0 Å². The quantitative estimate of drug-likeness (QED) is 0.887. The van der Waals surface area contributed by atoms with Crippen molar-refractivity contribution in [3.8, 4) is 0 Å². The first kappa shape index (κ1) is 15.0.